The number of rotatable bonds is 9. The smallest absolute Gasteiger partial charge is 0.338 e. The summed E-state index contributed by atoms with van der Waals surface area (Å²) in [5, 5.41) is 4.18. The van der Waals surface area contributed by atoms with Crippen molar-refractivity contribution in [3.05, 3.63) is 23.8 Å². The van der Waals surface area contributed by atoms with E-state index in [1.807, 2.05) is 12.1 Å². The second-order valence-electron chi connectivity index (χ2n) is 5.32. The molecule has 0 bridgehead atoms. The number of benzene rings is 1. The molecule has 4 nitrogen and oxygen atoms in total. The quantitative estimate of drug-likeness (QED) is 0.530. The van der Waals surface area contributed by atoms with Gasteiger partial charge in [0.2, 0.25) is 0 Å². The highest BCUT2D eigenvalue weighted by Gasteiger charge is 2.10. The molecule has 1 aromatic carbocycles. The normalized spacial score (nSPS) is 10.8. The third-order valence-electron chi connectivity index (χ3n) is 3.38. The van der Waals surface area contributed by atoms with Crippen molar-refractivity contribution in [2.45, 2.75) is 46.0 Å². The van der Waals surface area contributed by atoms with Gasteiger partial charge in [0.05, 0.1) is 22.4 Å². The fourth-order valence-corrected chi connectivity index (χ4v) is 3.07. The summed E-state index contributed by atoms with van der Waals surface area (Å²) in [6.45, 7) is 5.70. The lowest BCUT2D eigenvalue weighted by atomic mass is 10.2. The van der Waals surface area contributed by atoms with Crippen LogP contribution in [-0.2, 0) is 4.74 Å². The van der Waals surface area contributed by atoms with Gasteiger partial charge in [-0.05, 0) is 31.0 Å². The molecule has 0 amide bonds. The van der Waals surface area contributed by atoms with Crippen LogP contribution >= 0.6 is 11.3 Å². The molecule has 0 aliphatic rings. The Kier molecular flexibility index (Phi) is 6.65. The van der Waals surface area contributed by atoms with Gasteiger partial charge < -0.3 is 10.1 Å². The number of hydrogen-bond acceptors (Lipinski definition) is 5. The van der Waals surface area contributed by atoms with Gasteiger partial charge in [-0.25, -0.2) is 9.78 Å². The van der Waals surface area contributed by atoms with Gasteiger partial charge >= 0.3 is 5.97 Å². The van der Waals surface area contributed by atoms with Crippen LogP contribution in [0, 0.1) is 0 Å². The second-order valence-corrected chi connectivity index (χ2v) is 6.36. The van der Waals surface area contributed by atoms with Crippen molar-refractivity contribution in [1.29, 1.82) is 0 Å². The lowest BCUT2D eigenvalue weighted by Crippen LogP contribution is -2.06. The molecule has 0 saturated heterocycles. The number of fused-ring (bicyclic) bond motifs is 1. The van der Waals surface area contributed by atoms with E-state index in [0.717, 1.165) is 41.2 Å². The van der Waals surface area contributed by atoms with Gasteiger partial charge in [-0.15, -0.1) is 0 Å². The Morgan fingerprint density at radius 1 is 1.23 bits per heavy atom. The van der Waals surface area contributed by atoms with E-state index in [1.54, 1.807) is 17.4 Å². The number of nitrogens with zero attached hydrogens (tertiary/aromatic N) is 1. The highest BCUT2D eigenvalue weighted by Crippen LogP contribution is 2.27. The minimum atomic E-state index is -0.241. The van der Waals surface area contributed by atoms with Crippen molar-refractivity contribution < 1.29 is 9.53 Å². The van der Waals surface area contributed by atoms with E-state index in [4.69, 9.17) is 4.74 Å². The Labute approximate surface area is 135 Å². The average Bonchev–Trinajstić information content (AvgIpc) is 2.94. The molecule has 1 N–H and O–H groups in total. The van der Waals surface area contributed by atoms with Crippen LogP contribution in [0.25, 0.3) is 10.2 Å². The summed E-state index contributed by atoms with van der Waals surface area (Å²) < 4.78 is 6.34. The van der Waals surface area contributed by atoms with Crippen LogP contribution < -0.4 is 5.32 Å². The first kappa shape index (κ1) is 16.7. The number of esters is 1. The Morgan fingerprint density at radius 2 is 2.09 bits per heavy atom. The zero-order valence-corrected chi connectivity index (χ0v) is 14.2. The highest BCUT2D eigenvalue weighted by molar-refractivity contribution is 7.22. The van der Waals surface area contributed by atoms with Crippen LogP contribution in [0.4, 0.5) is 5.13 Å². The number of hydrogen-bond donors (Lipinski definition) is 1. The van der Waals surface area contributed by atoms with Gasteiger partial charge in [-0.2, -0.15) is 0 Å². The predicted molar refractivity (Wildman–Crippen MR) is 92.8 cm³/mol. The Bertz CT molecular complexity index is 610. The molecule has 2 rings (SSSR count). The Morgan fingerprint density at radius 3 is 2.86 bits per heavy atom. The number of unbranched alkanes of at least 4 members (excludes halogenated alkanes) is 3. The minimum absolute atomic E-state index is 0.241. The molecule has 5 heteroatoms. The van der Waals surface area contributed by atoms with E-state index < -0.39 is 0 Å². The van der Waals surface area contributed by atoms with Crippen molar-refractivity contribution in [2.24, 2.45) is 0 Å². The van der Waals surface area contributed by atoms with E-state index in [2.05, 4.69) is 24.1 Å². The summed E-state index contributed by atoms with van der Waals surface area (Å²) in [5.74, 6) is -0.241. The van der Waals surface area contributed by atoms with E-state index >= 15 is 0 Å². The summed E-state index contributed by atoms with van der Waals surface area (Å²) in [7, 11) is 0. The molecule has 0 unspecified atom stereocenters. The van der Waals surface area contributed by atoms with Gasteiger partial charge in [0.15, 0.2) is 5.13 Å². The van der Waals surface area contributed by atoms with Crippen molar-refractivity contribution >= 4 is 32.7 Å². The summed E-state index contributed by atoms with van der Waals surface area (Å²) in [4.78, 5) is 16.5. The molecular weight excluding hydrogens is 296 g/mol. The maximum Gasteiger partial charge on any atom is 0.338 e. The molecule has 0 aliphatic heterocycles. The fourth-order valence-electron chi connectivity index (χ4n) is 2.14. The predicted octanol–water partition coefficient (Wildman–Crippen LogP) is 4.86. The molecule has 0 fully saturated rings. The van der Waals surface area contributed by atoms with Crippen LogP contribution in [0.5, 0.6) is 0 Å². The minimum Gasteiger partial charge on any atom is -0.462 e. The third-order valence-corrected chi connectivity index (χ3v) is 4.36. The molecule has 1 aromatic heterocycles. The van der Waals surface area contributed by atoms with E-state index in [9.17, 15) is 4.79 Å². The van der Waals surface area contributed by atoms with Crippen molar-refractivity contribution in [3.63, 3.8) is 0 Å². The van der Waals surface area contributed by atoms with Crippen LogP contribution in [0.1, 0.15) is 56.3 Å². The molecule has 22 heavy (non-hydrogen) atoms. The maximum absolute atomic E-state index is 12.0. The number of carbonyl (C=O) groups excluding carboxylic acids is 1. The van der Waals surface area contributed by atoms with Gasteiger partial charge in [-0.3, -0.25) is 0 Å². The molecule has 0 atom stereocenters. The number of thiazole rings is 1. The molecule has 0 saturated carbocycles. The average molecular weight is 320 g/mol. The SMILES string of the molecule is CCCCCCOC(=O)c1ccc2nc(NCCC)sc2c1. The molecule has 0 radical (unpaired) electrons. The van der Waals surface area contributed by atoms with E-state index in [-0.39, 0.29) is 5.97 Å². The third kappa shape index (κ3) is 4.70. The number of nitrogens with one attached hydrogen (secondary N) is 1. The number of ether oxygens (including phenoxy) is 1. The van der Waals surface area contributed by atoms with Crippen LogP contribution in [0.2, 0.25) is 0 Å². The highest BCUT2D eigenvalue weighted by atomic mass is 32.1. The molecular formula is C17H24N2O2S. The zero-order valence-electron chi connectivity index (χ0n) is 13.4. The first-order chi connectivity index (χ1) is 10.7. The number of anilines is 1. The Balaban J connectivity index is 1.94. The largest absolute Gasteiger partial charge is 0.462 e. The summed E-state index contributed by atoms with van der Waals surface area (Å²) in [6, 6.07) is 5.55. The van der Waals surface area contributed by atoms with E-state index in [0.29, 0.717) is 12.2 Å². The first-order valence-electron chi connectivity index (χ1n) is 8.06. The molecule has 2 aromatic rings. The Hall–Kier alpha value is -1.62. The molecule has 0 spiro atoms. The lowest BCUT2D eigenvalue weighted by Gasteiger charge is -2.04. The topological polar surface area (TPSA) is 51.2 Å². The summed E-state index contributed by atoms with van der Waals surface area (Å²) in [5.41, 5.74) is 1.52. The van der Waals surface area contributed by atoms with Gasteiger partial charge in [0.1, 0.15) is 0 Å². The monoisotopic (exact) mass is 320 g/mol. The van der Waals surface area contributed by atoms with E-state index in [1.165, 1.54) is 12.8 Å². The van der Waals surface area contributed by atoms with Crippen molar-refractivity contribution in [3.8, 4) is 0 Å². The van der Waals surface area contributed by atoms with Gasteiger partial charge in [-0.1, -0.05) is 44.4 Å². The number of aromatic nitrogens is 1. The van der Waals surface area contributed by atoms with Crippen molar-refractivity contribution in [1.82, 2.24) is 4.98 Å². The summed E-state index contributed by atoms with van der Waals surface area (Å²) in [6.07, 6.45) is 5.49. The molecule has 120 valence electrons. The van der Waals surface area contributed by atoms with Gasteiger partial charge in [0.25, 0.3) is 0 Å². The summed E-state index contributed by atoms with van der Waals surface area (Å²) >= 11 is 1.57. The first-order valence-corrected chi connectivity index (χ1v) is 8.87. The molecule has 0 aliphatic carbocycles. The number of carbonyl (C=O) groups is 1. The van der Waals surface area contributed by atoms with Gasteiger partial charge in [0, 0.05) is 6.54 Å². The van der Waals surface area contributed by atoms with Crippen LogP contribution in [0.3, 0.4) is 0 Å². The van der Waals surface area contributed by atoms with Crippen LogP contribution in [0.15, 0.2) is 18.2 Å². The zero-order chi connectivity index (χ0) is 15.8. The lowest BCUT2D eigenvalue weighted by molar-refractivity contribution is 0.0498. The second kappa shape index (κ2) is 8.73. The molecule has 1 heterocycles. The standard InChI is InChI=1S/C17H24N2O2S/c1-3-5-6-7-11-21-16(20)13-8-9-14-15(12-13)22-17(19-14)18-10-4-2/h8-9,12H,3-7,10-11H2,1-2H3,(H,18,19). The van der Waals surface area contributed by atoms with Crippen LogP contribution in [-0.4, -0.2) is 24.1 Å². The fraction of sp³-hybridized carbons (Fsp3) is 0.529. The van der Waals surface area contributed by atoms with Crippen molar-refractivity contribution in [2.75, 3.05) is 18.5 Å². The maximum atomic E-state index is 12.0.